The van der Waals surface area contributed by atoms with Crippen molar-refractivity contribution in [1.29, 1.82) is 0 Å². The Balaban J connectivity index is 1.64. The standard InChI is InChI=1S/C15H19N3O2/c1-19-15(20-2)8-12(9-15)14-17-10-13(18-14)7-11-3-5-16-6-4-11/h3-6,10,12H,7-9H2,1-2H3,(H,17,18). The van der Waals surface area contributed by atoms with Crippen molar-refractivity contribution in [3.05, 3.63) is 47.8 Å². The molecule has 1 fully saturated rings. The van der Waals surface area contributed by atoms with Gasteiger partial charge in [0.05, 0.1) is 0 Å². The number of hydrogen-bond donors (Lipinski definition) is 1. The van der Waals surface area contributed by atoms with E-state index in [2.05, 4.69) is 15.0 Å². The normalized spacial score (nSPS) is 17.9. The van der Waals surface area contributed by atoms with Crippen LogP contribution in [0.25, 0.3) is 0 Å². The second-order valence-corrected chi connectivity index (χ2v) is 5.25. The average molecular weight is 273 g/mol. The van der Waals surface area contributed by atoms with Crippen LogP contribution in [-0.4, -0.2) is 35.0 Å². The van der Waals surface area contributed by atoms with Gasteiger partial charge in [0.2, 0.25) is 0 Å². The fourth-order valence-electron chi connectivity index (χ4n) is 2.70. The Bertz CT molecular complexity index is 556. The lowest BCUT2D eigenvalue weighted by Gasteiger charge is -2.44. The molecular weight excluding hydrogens is 254 g/mol. The summed E-state index contributed by atoms with van der Waals surface area (Å²) in [5, 5.41) is 0. The molecule has 1 N–H and O–H groups in total. The second kappa shape index (κ2) is 5.34. The average Bonchev–Trinajstić information content (AvgIpc) is 2.88. The first-order chi connectivity index (χ1) is 9.74. The Morgan fingerprint density at radius 3 is 2.60 bits per heavy atom. The summed E-state index contributed by atoms with van der Waals surface area (Å²) in [5.74, 6) is 1.00. The fourth-order valence-corrected chi connectivity index (χ4v) is 2.70. The van der Waals surface area contributed by atoms with E-state index in [0.29, 0.717) is 5.92 Å². The van der Waals surface area contributed by atoms with E-state index in [0.717, 1.165) is 30.8 Å². The van der Waals surface area contributed by atoms with Crippen molar-refractivity contribution in [2.75, 3.05) is 14.2 Å². The van der Waals surface area contributed by atoms with Gasteiger partial charge >= 0.3 is 0 Å². The van der Waals surface area contributed by atoms with Crippen LogP contribution in [0.4, 0.5) is 0 Å². The van der Waals surface area contributed by atoms with Gasteiger partial charge in [-0.15, -0.1) is 0 Å². The molecule has 106 valence electrons. The van der Waals surface area contributed by atoms with Crippen LogP contribution in [0.15, 0.2) is 30.7 Å². The SMILES string of the molecule is COC1(OC)CC(c2ncc(Cc3ccncc3)[nH]2)C1. The first kappa shape index (κ1) is 13.3. The molecule has 0 amide bonds. The molecule has 0 radical (unpaired) electrons. The summed E-state index contributed by atoms with van der Waals surface area (Å²) >= 11 is 0. The van der Waals surface area contributed by atoms with Crippen molar-refractivity contribution >= 4 is 0 Å². The Morgan fingerprint density at radius 1 is 1.25 bits per heavy atom. The molecule has 5 heteroatoms. The van der Waals surface area contributed by atoms with Crippen LogP contribution in [0.3, 0.4) is 0 Å². The molecule has 0 aromatic carbocycles. The minimum Gasteiger partial charge on any atom is -0.353 e. The summed E-state index contributed by atoms with van der Waals surface area (Å²) in [7, 11) is 3.38. The molecule has 2 aromatic heterocycles. The van der Waals surface area contributed by atoms with E-state index in [4.69, 9.17) is 9.47 Å². The van der Waals surface area contributed by atoms with Crippen LogP contribution < -0.4 is 0 Å². The van der Waals surface area contributed by atoms with E-state index in [9.17, 15) is 0 Å². The summed E-state index contributed by atoms with van der Waals surface area (Å²) in [6.07, 6.45) is 8.08. The molecule has 5 nitrogen and oxygen atoms in total. The summed E-state index contributed by atoms with van der Waals surface area (Å²) in [6, 6.07) is 4.04. The lowest BCUT2D eigenvalue weighted by atomic mass is 9.78. The van der Waals surface area contributed by atoms with Crippen LogP contribution in [0, 0.1) is 0 Å². The number of hydrogen-bond acceptors (Lipinski definition) is 4. The predicted octanol–water partition coefficient (Wildman–Crippen LogP) is 2.26. The molecule has 2 aromatic rings. The zero-order valence-corrected chi connectivity index (χ0v) is 11.8. The monoisotopic (exact) mass is 273 g/mol. The number of imidazole rings is 1. The minimum atomic E-state index is -0.414. The van der Waals surface area contributed by atoms with Crippen LogP contribution in [0.2, 0.25) is 0 Å². The molecule has 0 aliphatic heterocycles. The first-order valence-corrected chi connectivity index (χ1v) is 6.78. The number of ether oxygens (including phenoxy) is 2. The molecule has 3 rings (SSSR count). The van der Waals surface area contributed by atoms with Crippen molar-refractivity contribution in [1.82, 2.24) is 15.0 Å². The number of pyridine rings is 1. The van der Waals surface area contributed by atoms with Gasteiger partial charge in [-0.3, -0.25) is 4.98 Å². The quantitative estimate of drug-likeness (QED) is 0.849. The summed E-state index contributed by atoms with van der Waals surface area (Å²) in [5.41, 5.74) is 2.35. The Hall–Kier alpha value is -1.72. The molecule has 1 aliphatic carbocycles. The van der Waals surface area contributed by atoms with E-state index < -0.39 is 5.79 Å². The van der Waals surface area contributed by atoms with E-state index in [1.807, 2.05) is 30.7 Å². The molecule has 0 spiro atoms. The molecule has 1 aliphatic rings. The number of H-pyrrole nitrogens is 1. The molecule has 0 atom stereocenters. The maximum atomic E-state index is 5.41. The van der Waals surface area contributed by atoms with Gasteiger partial charge in [-0.25, -0.2) is 4.98 Å². The molecule has 2 heterocycles. The highest BCUT2D eigenvalue weighted by atomic mass is 16.7. The molecule has 1 saturated carbocycles. The molecule has 0 bridgehead atoms. The predicted molar refractivity (Wildman–Crippen MR) is 74.4 cm³/mol. The zero-order valence-electron chi connectivity index (χ0n) is 11.8. The van der Waals surface area contributed by atoms with Gasteiger partial charge in [0.1, 0.15) is 5.82 Å². The lowest BCUT2D eigenvalue weighted by Crippen LogP contribution is -2.46. The second-order valence-electron chi connectivity index (χ2n) is 5.25. The Kier molecular flexibility index (Phi) is 3.54. The van der Waals surface area contributed by atoms with E-state index >= 15 is 0 Å². The van der Waals surface area contributed by atoms with E-state index in [1.165, 1.54) is 5.56 Å². The van der Waals surface area contributed by atoms with Crippen molar-refractivity contribution in [3.63, 3.8) is 0 Å². The highest BCUT2D eigenvalue weighted by molar-refractivity contribution is 5.20. The third kappa shape index (κ3) is 2.46. The lowest BCUT2D eigenvalue weighted by molar-refractivity contribution is -0.258. The van der Waals surface area contributed by atoms with E-state index in [-0.39, 0.29) is 0 Å². The van der Waals surface area contributed by atoms with Gasteiger partial charge in [-0.05, 0) is 17.7 Å². The third-order valence-electron chi connectivity index (χ3n) is 4.04. The van der Waals surface area contributed by atoms with Crippen LogP contribution in [0.5, 0.6) is 0 Å². The maximum Gasteiger partial charge on any atom is 0.168 e. The van der Waals surface area contributed by atoms with Gasteiger partial charge in [0.25, 0.3) is 0 Å². The largest absolute Gasteiger partial charge is 0.353 e. The first-order valence-electron chi connectivity index (χ1n) is 6.78. The van der Waals surface area contributed by atoms with Crippen LogP contribution in [0.1, 0.15) is 35.8 Å². The Labute approximate surface area is 118 Å². The Morgan fingerprint density at radius 2 is 1.95 bits per heavy atom. The van der Waals surface area contributed by atoms with Gasteiger partial charge in [-0.2, -0.15) is 0 Å². The number of nitrogens with zero attached hydrogens (tertiary/aromatic N) is 2. The van der Waals surface area contributed by atoms with Crippen molar-refractivity contribution in [3.8, 4) is 0 Å². The number of aromatic amines is 1. The van der Waals surface area contributed by atoms with Gasteiger partial charge in [0.15, 0.2) is 5.79 Å². The molecule has 0 saturated heterocycles. The van der Waals surface area contributed by atoms with Crippen LogP contribution >= 0.6 is 0 Å². The van der Waals surface area contributed by atoms with Crippen molar-refractivity contribution in [2.24, 2.45) is 0 Å². The fraction of sp³-hybridized carbons (Fsp3) is 0.467. The number of nitrogens with one attached hydrogen (secondary N) is 1. The summed E-state index contributed by atoms with van der Waals surface area (Å²) in [6.45, 7) is 0. The third-order valence-corrected chi connectivity index (χ3v) is 4.04. The van der Waals surface area contributed by atoms with Crippen LogP contribution in [-0.2, 0) is 15.9 Å². The number of aromatic nitrogens is 3. The number of rotatable bonds is 5. The maximum absolute atomic E-state index is 5.41. The highest BCUT2D eigenvalue weighted by Gasteiger charge is 2.46. The molecular formula is C15H19N3O2. The molecule has 20 heavy (non-hydrogen) atoms. The topological polar surface area (TPSA) is 60.0 Å². The molecule has 0 unspecified atom stereocenters. The smallest absolute Gasteiger partial charge is 0.168 e. The van der Waals surface area contributed by atoms with Crippen molar-refractivity contribution in [2.45, 2.75) is 31.0 Å². The van der Waals surface area contributed by atoms with E-state index in [1.54, 1.807) is 14.2 Å². The highest BCUT2D eigenvalue weighted by Crippen LogP contribution is 2.46. The summed E-state index contributed by atoms with van der Waals surface area (Å²) in [4.78, 5) is 11.9. The van der Waals surface area contributed by atoms with Gasteiger partial charge in [0, 0.05) is 63.7 Å². The van der Waals surface area contributed by atoms with Gasteiger partial charge < -0.3 is 14.5 Å². The summed E-state index contributed by atoms with van der Waals surface area (Å²) < 4.78 is 10.8. The minimum absolute atomic E-state index is 0.390. The van der Waals surface area contributed by atoms with Crippen molar-refractivity contribution < 1.29 is 9.47 Å². The van der Waals surface area contributed by atoms with Gasteiger partial charge in [-0.1, -0.05) is 0 Å². The number of methoxy groups -OCH3 is 2. The zero-order chi connectivity index (χ0) is 14.0.